The second kappa shape index (κ2) is 7.50. The van der Waals surface area contributed by atoms with Gasteiger partial charge in [-0.05, 0) is 46.3 Å². The molecule has 2 N–H and O–H groups in total. The fourth-order valence-corrected chi connectivity index (χ4v) is 3.51. The lowest BCUT2D eigenvalue weighted by atomic mass is 10.1. The summed E-state index contributed by atoms with van der Waals surface area (Å²) in [6, 6.07) is 8.28. The average molecular weight is 436 g/mol. The number of hydrogen-bond acceptors (Lipinski definition) is 5. The Kier molecular flexibility index (Phi) is 5.11. The minimum absolute atomic E-state index is 0.483. The maximum atomic E-state index is 6.26. The number of rotatable bonds is 5. The van der Waals surface area contributed by atoms with Crippen LogP contribution in [0.2, 0.25) is 5.02 Å². The normalized spacial score (nSPS) is 21.0. The van der Waals surface area contributed by atoms with Gasteiger partial charge in [0.25, 0.3) is 0 Å². The Hall–Kier alpha value is -1.70. The zero-order valence-corrected chi connectivity index (χ0v) is 16.8. The Morgan fingerprint density at radius 3 is 2.92 bits per heavy atom. The molecule has 0 radical (unpaired) electrons. The Labute approximate surface area is 166 Å². The van der Waals surface area contributed by atoms with Gasteiger partial charge in [-0.1, -0.05) is 29.8 Å². The molecule has 2 fully saturated rings. The van der Waals surface area contributed by atoms with Crippen molar-refractivity contribution in [3.63, 3.8) is 0 Å². The van der Waals surface area contributed by atoms with Crippen LogP contribution < -0.4 is 15.8 Å². The third-order valence-corrected chi connectivity index (χ3v) is 5.59. The summed E-state index contributed by atoms with van der Waals surface area (Å²) in [7, 11) is 1.95. The molecular weight excluding hydrogens is 416 g/mol. The largest absolute Gasteiger partial charge is 0.339 e. The summed E-state index contributed by atoms with van der Waals surface area (Å²) in [4.78, 5) is 15.7. The van der Waals surface area contributed by atoms with Crippen LogP contribution in [0.5, 0.6) is 0 Å². The molecule has 1 aromatic heterocycles. The molecule has 1 unspecified atom stereocenters. The van der Waals surface area contributed by atoms with Crippen molar-refractivity contribution in [3.05, 3.63) is 45.5 Å². The van der Waals surface area contributed by atoms with Crippen LogP contribution in [0, 0.1) is 5.92 Å². The molecular formula is C18H20BrClN6. The maximum absolute atomic E-state index is 6.26. The van der Waals surface area contributed by atoms with Gasteiger partial charge in [0.2, 0.25) is 5.95 Å². The number of nitrogens with zero attached hydrogens (tertiary/aromatic N) is 4. The van der Waals surface area contributed by atoms with Gasteiger partial charge in [-0.3, -0.25) is 0 Å². The minimum Gasteiger partial charge on any atom is -0.339 e. The summed E-state index contributed by atoms with van der Waals surface area (Å²) in [5, 5.41) is 0.740. The first-order valence-corrected chi connectivity index (χ1v) is 9.83. The highest BCUT2D eigenvalue weighted by Crippen LogP contribution is 2.35. The molecule has 1 atom stereocenters. The smallest absolute Gasteiger partial charge is 0.227 e. The van der Waals surface area contributed by atoms with E-state index in [0.717, 1.165) is 33.2 Å². The van der Waals surface area contributed by atoms with Crippen LogP contribution in [-0.4, -0.2) is 28.9 Å². The molecule has 2 aromatic rings. The van der Waals surface area contributed by atoms with Gasteiger partial charge in [0.05, 0.1) is 4.47 Å². The molecule has 1 saturated heterocycles. The number of aromatic nitrogens is 2. The molecule has 1 saturated carbocycles. The first-order valence-electron chi connectivity index (χ1n) is 8.66. The van der Waals surface area contributed by atoms with E-state index in [4.69, 9.17) is 11.6 Å². The van der Waals surface area contributed by atoms with Gasteiger partial charge >= 0.3 is 0 Å². The molecule has 0 amide bonds. The summed E-state index contributed by atoms with van der Waals surface area (Å²) >= 11 is 9.76. The predicted octanol–water partition coefficient (Wildman–Crippen LogP) is 3.84. The highest BCUT2D eigenvalue weighted by Gasteiger charge is 2.35. The second-order valence-corrected chi connectivity index (χ2v) is 8.03. The monoisotopic (exact) mass is 434 g/mol. The van der Waals surface area contributed by atoms with Crippen LogP contribution in [0.4, 0.5) is 11.8 Å². The summed E-state index contributed by atoms with van der Waals surface area (Å²) in [5.41, 5.74) is 7.54. The topological polar surface area (TPSA) is 65.4 Å². The first kappa shape index (κ1) is 17.7. The Bertz CT molecular complexity index is 838. The van der Waals surface area contributed by atoms with Crippen molar-refractivity contribution in [3.8, 4) is 0 Å². The zero-order valence-electron chi connectivity index (χ0n) is 14.4. The van der Waals surface area contributed by atoms with E-state index in [9.17, 15) is 0 Å². The molecule has 136 valence electrons. The minimum atomic E-state index is 0.483. The van der Waals surface area contributed by atoms with Gasteiger partial charge < -0.3 is 10.3 Å². The van der Waals surface area contributed by atoms with Crippen molar-refractivity contribution in [2.24, 2.45) is 10.9 Å². The second-order valence-electron chi connectivity index (χ2n) is 6.76. The highest BCUT2D eigenvalue weighted by molar-refractivity contribution is 9.10. The van der Waals surface area contributed by atoms with Crippen molar-refractivity contribution in [2.45, 2.75) is 31.8 Å². The van der Waals surface area contributed by atoms with E-state index in [2.05, 4.69) is 41.7 Å². The molecule has 1 aromatic carbocycles. The molecule has 2 heterocycles. The molecule has 8 heteroatoms. The summed E-state index contributed by atoms with van der Waals surface area (Å²) < 4.78 is 0.775. The number of benzene rings is 1. The van der Waals surface area contributed by atoms with Crippen LogP contribution in [0.15, 0.2) is 39.9 Å². The van der Waals surface area contributed by atoms with E-state index in [0.29, 0.717) is 24.4 Å². The van der Waals surface area contributed by atoms with Crippen LogP contribution in [0.1, 0.15) is 24.8 Å². The molecule has 4 rings (SSSR count). The number of anilines is 1. The van der Waals surface area contributed by atoms with E-state index < -0.39 is 0 Å². The van der Waals surface area contributed by atoms with Crippen LogP contribution in [0.25, 0.3) is 0 Å². The third kappa shape index (κ3) is 4.00. The lowest BCUT2D eigenvalue weighted by Crippen LogP contribution is -2.32. The fourth-order valence-electron chi connectivity index (χ4n) is 3.04. The molecule has 0 spiro atoms. The number of halogens is 2. The number of amidine groups is 1. The predicted molar refractivity (Wildman–Crippen MR) is 108 cm³/mol. The van der Waals surface area contributed by atoms with Gasteiger partial charge in [0.1, 0.15) is 5.84 Å². The maximum Gasteiger partial charge on any atom is 0.227 e. The number of aliphatic imine (C=N–C) groups is 1. The van der Waals surface area contributed by atoms with Gasteiger partial charge in [-0.15, -0.1) is 0 Å². The number of hydrazine groups is 1. The number of hydrogen-bond donors (Lipinski definition) is 2. The van der Waals surface area contributed by atoms with Crippen LogP contribution in [-0.2, 0) is 6.54 Å². The Morgan fingerprint density at radius 1 is 1.35 bits per heavy atom. The van der Waals surface area contributed by atoms with E-state index in [1.165, 1.54) is 12.8 Å². The van der Waals surface area contributed by atoms with Crippen molar-refractivity contribution in [1.29, 1.82) is 0 Å². The molecule has 1 aliphatic carbocycles. The van der Waals surface area contributed by atoms with E-state index in [1.54, 1.807) is 6.20 Å². The standard InChI is InChI=1S/C18H20BrClN6/c1-26(10-12-4-2-3-5-14(12)20)18-21-9-13(19)17(23-18)22-16-8-15(24-25-16)11-6-7-11/h2-5,9,11,15,24H,6-8,10H2,1H3,(H,21,22,23,25). The van der Waals surface area contributed by atoms with Crippen molar-refractivity contribution >= 4 is 45.1 Å². The first-order chi connectivity index (χ1) is 12.6. The van der Waals surface area contributed by atoms with Crippen molar-refractivity contribution < 1.29 is 0 Å². The molecule has 1 aliphatic heterocycles. The highest BCUT2D eigenvalue weighted by atomic mass is 79.9. The van der Waals surface area contributed by atoms with Gasteiger partial charge in [0.15, 0.2) is 5.82 Å². The van der Waals surface area contributed by atoms with Crippen LogP contribution in [0.3, 0.4) is 0 Å². The SMILES string of the molecule is CN(Cc1ccccc1Cl)c1ncc(Br)c(N=C2CC(C3CC3)NN2)n1. The van der Waals surface area contributed by atoms with Gasteiger partial charge in [-0.2, -0.15) is 4.98 Å². The summed E-state index contributed by atoms with van der Waals surface area (Å²) in [6.07, 6.45) is 5.26. The molecule has 0 bridgehead atoms. The molecule has 6 nitrogen and oxygen atoms in total. The van der Waals surface area contributed by atoms with Crippen molar-refractivity contribution in [1.82, 2.24) is 20.8 Å². The lowest BCUT2D eigenvalue weighted by Gasteiger charge is -2.18. The van der Waals surface area contributed by atoms with Gasteiger partial charge in [-0.25, -0.2) is 15.4 Å². The lowest BCUT2D eigenvalue weighted by molar-refractivity contribution is 0.504. The fraction of sp³-hybridized carbons (Fsp3) is 0.389. The van der Waals surface area contributed by atoms with Crippen molar-refractivity contribution in [2.75, 3.05) is 11.9 Å². The average Bonchev–Trinajstić information content (AvgIpc) is 3.38. The van der Waals surface area contributed by atoms with Gasteiger partial charge in [0, 0.05) is 37.3 Å². The quantitative estimate of drug-likeness (QED) is 0.747. The summed E-state index contributed by atoms with van der Waals surface area (Å²) in [5.74, 6) is 2.93. The zero-order chi connectivity index (χ0) is 18.1. The van der Waals surface area contributed by atoms with Crippen LogP contribution >= 0.6 is 27.5 Å². The Morgan fingerprint density at radius 2 is 2.15 bits per heavy atom. The number of nitrogens with one attached hydrogen (secondary N) is 2. The third-order valence-electron chi connectivity index (χ3n) is 4.67. The summed E-state index contributed by atoms with van der Waals surface area (Å²) in [6.45, 7) is 0.626. The van der Waals surface area contributed by atoms with E-state index >= 15 is 0 Å². The molecule has 2 aliphatic rings. The van der Waals surface area contributed by atoms with E-state index in [1.807, 2.05) is 36.2 Å². The Balaban J connectivity index is 1.51. The molecule has 26 heavy (non-hydrogen) atoms. The van der Waals surface area contributed by atoms with E-state index in [-0.39, 0.29) is 0 Å².